The number of rotatable bonds is 30. The molecule has 0 radical (unpaired) electrons. The molecule has 0 saturated heterocycles. The predicted octanol–water partition coefficient (Wildman–Crippen LogP) is 12.7. The first kappa shape index (κ1) is 36.1. The molecule has 0 bridgehead atoms. The standard InChI is InChI=1S/C37H70N2/c1-4-7-9-11-13-15-17-19-21-23-25-27-29-32-35-34-36(39-37(38-35)31-6-3)33-30-28-26-24-22-20-18-16-14-12-10-8-5-2/h34H,4-33H2,1-3H3. The van der Waals surface area contributed by atoms with Gasteiger partial charge in [0.15, 0.2) is 0 Å². The van der Waals surface area contributed by atoms with Crippen LogP contribution >= 0.6 is 0 Å². The van der Waals surface area contributed by atoms with Crippen LogP contribution in [0.4, 0.5) is 0 Å². The van der Waals surface area contributed by atoms with E-state index in [1.165, 1.54) is 178 Å². The number of nitrogens with zero attached hydrogens (tertiary/aromatic N) is 2. The Bertz CT molecular complexity index is 578. The van der Waals surface area contributed by atoms with Crippen LogP contribution < -0.4 is 0 Å². The molecule has 0 atom stereocenters. The van der Waals surface area contributed by atoms with Gasteiger partial charge in [0, 0.05) is 17.8 Å². The molecule has 2 heteroatoms. The van der Waals surface area contributed by atoms with Crippen molar-refractivity contribution < 1.29 is 0 Å². The molecule has 1 aromatic heterocycles. The van der Waals surface area contributed by atoms with Gasteiger partial charge >= 0.3 is 0 Å². The van der Waals surface area contributed by atoms with Crippen LogP contribution in [0.1, 0.15) is 211 Å². The monoisotopic (exact) mass is 543 g/mol. The van der Waals surface area contributed by atoms with Gasteiger partial charge in [-0.25, -0.2) is 9.97 Å². The Morgan fingerprint density at radius 3 is 0.897 bits per heavy atom. The van der Waals surface area contributed by atoms with Crippen molar-refractivity contribution in [3.8, 4) is 0 Å². The van der Waals surface area contributed by atoms with Crippen molar-refractivity contribution in [2.75, 3.05) is 0 Å². The van der Waals surface area contributed by atoms with E-state index in [1.807, 2.05) is 0 Å². The summed E-state index contributed by atoms with van der Waals surface area (Å²) in [5.74, 6) is 1.09. The fraction of sp³-hybridized carbons (Fsp3) is 0.892. The van der Waals surface area contributed by atoms with E-state index in [2.05, 4.69) is 26.8 Å². The van der Waals surface area contributed by atoms with Crippen molar-refractivity contribution in [3.63, 3.8) is 0 Å². The zero-order valence-electron chi connectivity index (χ0n) is 27.2. The van der Waals surface area contributed by atoms with Crippen molar-refractivity contribution in [1.82, 2.24) is 9.97 Å². The van der Waals surface area contributed by atoms with Gasteiger partial charge in [-0.3, -0.25) is 0 Å². The van der Waals surface area contributed by atoms with E-state index in [0.29, 0.717) is 0 Å². The molecule has 0 saturated carbocycles. The van der Waals surface area contributed by atoms with Crippen LogP contribution in [0, 0.1) is 0 Å². The summed E-state index contributed by atoms with van der Waals surface area (Å²) in [4.78, 5) is 9.84. The average molecular weight is 543 g/mol. The van der Waals surface area contributed by atoms with Gasteiger partial charge < -0.3 is 0 Å². The third kappa shape index (κ3) is 23.5. The molecular formula is C37H70N2. The molecule has 1 heterocycles. The van der Waals surface area contributed by atoms with Gasteiger partial charge in [0.2, 0.25) is 0 Å². The molecule has 0 aliphatic carbocycles. The minimum atomic E-state index is 1.03. The lowest BCUT2D eigenvalue weighted by Gasteiger charge is -2.09. The van der Waals surface area contributed by atoms with Gasteiger partial charge in [0.25, 0.3) is 0 Å². The summed E-state index contributed by atoms with van der Waals surface area (Å²) < 4.78 is 0. The average Bonchev–Trinajstić information content (AvgIpc) is 2.94. The maximum absolute atomic E-state index is 4.92. The Balaban J connectivity index is 2.09. The lowest BCUT2D eigenvalue weighted by molar-refractivity contribution is 0.537. The normalized spacial score (nSPS) is 11.5. The van der Waals surface area contributed by atoms with Crippen LogP contribution in [-0.2, 0) is 19.3 Å². The highest BCUT2D eigenvalue weighted by Crippen LogP contribution is 2.16. The smallest absolute Gasteiger partial charge is 0.128 e. The van der Waals surface area contributed by atoms with Crippen molar-refractivity contribution in [3.05, 3.63) is 23.3 Å². The van der Waals surface area contributed by atoms with E-state index in [1.54, 1.807) is 0 Å². The van der Waals surface area contributed by atoms with Gasteiger partial charge in [-0.05, 0) is 38.2 Å². The van der Waals surface area contributed by atoms with Gasteiger partial charge in [-0.1, -0.05) is 175 Å². The van der Waals surface area contributed by atoms with Gasteiger partial charge in [0.05, 0.1) is 0 Å². The Labute approximate surface area is 246 Å². The third-order valence-electron chi connectivity index (χ3n) is 8.43. The molecular weight excluding hydrogens is 472 g/mol. The summed E-state index contributed by atoms with van der Waals surface area (Å²) in [6, 6.07) is 2.33. The summed E-state index contributed by atoms with van der Waals surface area (Å²) in [7, 11) is 0. The van der Waals surface area contributed by atoms with E-state index in [4.69, 9.17) is 9.97 Å². The highest BCUT2D eigenvalue weighted by molar-refractivity contribution is 5.12. The number of aryl methyl sites for hydroxylation is 3. The molecule has 228 valence electrons. The van der Waals surface area contributed by atoms with E-state index in [-0.39, 0.29) is 0 Å². The van der Waals surface area contributed by atoms with Gasteiger partial charge in [0.1, 0.15) is 5.82 Å². The first-order chi connectivity index (χ1) is 19.3. The SMILES string of the molecule is CCCCCCCCCCCCCCCc1cc(CCCCCCCCCCCCCCC)nc(CCC)n1. The van der Waals surface area contributed by atoms with Crippen LogP contribution in [0.5, 0.6) is 0 Å². The van der Waals surface area contributed by atoms with E-state index in [9.17, 15) is 0 Å². The lowest BCUT2D eigenvalue weighted by Crippen LogP contribution is -2.04. The predicted molar refractivity (Wildman–Crippen MR) is 175 cm³/mol. The van der Waals surface area contributed by atoms with Gasteiger partial charge in [-0.2, -0.15) is 0 Å². The highest BCUT2D eigenvalue weighted by Gasteiger charge is 2.05. The maximum Gasteiger partial charge on any atom is 0.128 e. The Morgan fingerprint density at radius 2 is 0.615 bits per heavy atom. The quantitative estimate of drug-likeness (QED) is 0.0903. The summed E-state index contributed by atoms with van der Waals surface area (Å²) in [6.07, 6.45) is 41.3. The fourth-order valence-corrected chi connectivity index (χ4v) is 5.85. The number of aromatic nitrogens is 2. The molecule has 0 aromatic carbocycles. The molecule has 1 aromatic rings. The van der Waals surface area contributed by atoms with Crippen molar-refractivity contribution in [1.29, 1.82) is 0 Å². The Hall–Kier alpha value is -0.920. The van der Waals surface area contributed by atoms with E-state index < -0.39 is 0 Å². The minimum absolute atomic E-state index is 1.03. The molecule has 39 heavy (non-hydrogen) atoms. The molecule has 0 fully saturated rings. The summed E-state index contributed by atoms with van der Waals surface area (Å²) in [5.41, 5.74) is 2.61. The number of hydrogen-bond donors (Lipinski definition) is 0. The second-order valence-electron chi connectivity index (χ2n) is 12.5. The summed E-state index contributed by atoms with van der Waals surface area (Å²) in [5, 5.41) is 0. The van der Waals surface area contributed by atoms with E-state index >= 15 is 0 Å². The van der Waals surface area contributed by atoms with Crippen LogP contribution in [0.25, 0.3) is 0 Å². The van der Waals surface area contributed by atoms with Crippen molar-refractivity contribution in [2.24, 2.45) is 0 Å². The second kappa shape index (κ2) is 28.6. The highest BCUT2D eigenvalue weighted by atomic mass is 14.9. The first-order valence-corrected chi connectivity index (χ1v) is 18.2. The summed E-state index contributed by atoms with van der Waals surface area (Å²) in [6.45, 7) is 6.85. The molecule has 2 nitrogen and oxygen atoms in total. The van der Waals surface area contributed by atoms with Crippen molar-refractivity contribution >= 4 is 0 Å². The summed E-state index contributed by atoms with van der Waals surface area (Å²) >= 11 is 0. The maximum atomic E-state index is 4.92. The van der Waals surface area contributed by atoms with Gasteiger partial charge in [-0.15, -0.1) is 0 Å². The Kier molecular flexibility index (Phi) is 26.5. The molecule has 0 amide bonds. The number of hydrogen-bond acceptors (Lipinski definition) is 2. The molecule has 0 N–H and O–H groups in total. The Morgan fingerprint density at radius 1 is 0.333 bits per heavy atom. The zero-order chi connectivity index (χ0) is 28.1. The largest absolute Gasteiger partial charge is 0.238 e. The minimum Gasteiger partial charge on any atom is -0.238 e. The van der Waals surface area contributed by atoms with Crippen LogP contribution in [0.2, 0.25) is 0 Å². The molecule has 0 aliphatic rings. The molecule has 0 spiro atoms. The van der Waals surface area contributed by atoms with Crippen LogP contribution in [0.15, 0.2) is 6.07 Å². The third-order valence-corrected chi connectivity index (χ3v) is 8.43. The number of unbranched alkanes of at least 4 members (excludes halogenated alkanes) is 24. The molecule has 1 rings (SSSR count). The first-order valence-electron chi connectivity index (χ1n) is 18.2. The fourth-order valence-electron chi connectivity index (χ4n) is 5.85. The van der Waals surface area contributed by atoms with E-state index in [0.717, 1.165) is 31.5 Å². The second-order valence-corrected chi connectivity index (χ2v) is 12.5. The van der Waals surface area contributed by atoms with Crippen LogP contribution in [-0.4, -0.2) is 9.97 Å². The van der Waals surface area contributed by atoms with Crippen molar-refractivity contribution in [2.45, 2.75) is 213 Å². The molecule has 0 unspecified atom stereocenters. The van der Waals surface area contributed by atoms with Crippen LogP contribution in [0.3, 0.4) is 0 Å². The topological polar surface area (TPSA) is 25.8 Å². The molecule has 0 aliphatic heterocycles. The zero-order valence-corrected chi connectivity index (χ0v) is 27.2. The lowest BCUT2D eigenvalue weighted by atomic mass is 10.0.